The lowest BCUT2D eigenvalue weighted by Crippen LogP contribution is -2.41. The van der Waals surface area contributed by atoms with Gasteiger partial charge in [0.05, 0.1) is 34.6 Å². The van der Waals surface area contributed by atoms with E-state index in [-0.39, 0.29) is 11.8 Å². The molecular weight excluding hydrogens is 820 g/mol. The maximum Gasteiger partial charge on any atom is 0.273 e. The first-order valence-corrected chi connectivity index (χ1v) is 20.7. The number of ether oxygens (including phenoxy) is 4. The maximum atomic E-state index is 13.6. The first-order valence-electron chi connectivity index (χ1n) is 19.6. The Bertz CT molecular complexity index is 2520. The number of carbonyl (C=O) groups is 2. The number of nitrogens with zero attached hydrogens (tertiary/aromatic N) is 3. The van der Waals surface area contributed by atoms with Gasteiger partial charge in [-0.25, -0.2) is 0 Å². The maximum absolute atomic E-state index is 13.6. The zero-order chi connectivity index (χ0) is 41.7. The Hall–Kier alpha value is -7.08. The third-order valence-electron chi connectivity index (χ3n) is 9.85. The van der Waals surface area contributed by atoms with Crippen molar-refractivity contribution in [1.82, 2.24) is 0 Å². The third-order valence-corrected chi connectivity index (χ3v) is 10.4. The molecule has 0 aromatic heterocycles. The van der Waals surface area contributed by atoms with Gasteiger partial charge in [0.1, 0.15) is 36.2 Å². The van der Waals surface area contributed by atoms with Crippen LogP contribution in [0.2, 0.25) is 0 Å². The van der Waals surface area contributed by atoms with Crippen LogP contribution >= 0.6 is 15.9 Å². The van der Waals surface area contributed by atoms with Crippen molar-refractivity contribution in [3.8, 4) is 35.1 Å². The number of alkyl halides is 1. The van der Waals surface area contributed by atoms with E-state index < -0.39 is 12.2 Å². The second kappa shape index (κ2) is 20.1. The number of fused-ring (bicyclic) bond motifs is 2. The van der Waals surface area contributed by atoms with Gasteiger partial charge in [-0.2, -0.15) is 10.5 Å². The van der Waals surface area contributed by atoms with Crippen LogP contribution in [0.15, 0.2) is 146 Å². The predicted octanol–water partition coefficient (Wildman–Crippen LogP) is 10.4. The number of para-hydroxylation sites is 4. The van der Waals surface area contributed by atoms with Gasteiger partial charge in [0.2, 0.25) is 12.2 Å². The van der Waals surface area contributed by atoms with Gasteiger partial charge in [-0.3, -0.25) is 9.59 Å². The summed E-state index contributed by atoms with van der Waals surface area (Å²) in [5.74, 6) is 1.84. The van der Waals surface area contributed by atoms with Crippen molar-refractivity contribution >= 4 is 39.1 Å². The molecule has 300 valence electrons. The van der Waals surface area contributed by atoms with E-state index in [1.165, 1.54) is 0 Å². The van der Waals surface area contributed by atoms with Crippen molar-refractivity contribution in [1.29, 1.82) is 10.5 Å². The number of nitrogens with one attached hydrogen (secondary N) is 1. The van der Waals surface area contributed by atoms with Gasteiger partial charge in [0.15, 0.2) is 0 Å². The molecule has 2 amide bonds. The third kappa shape index (κ3) is 9.95. The average Bonchev–Trinajstić information content (AvgIpc) is 3.30. The summed E-state index contributed by atoms with van der Waals surface area (Å²) < 4.78 is 24.2. The zero-order valence-corrected chi connectivity index (χ0v) is 34.2. The highest BCUT2D eigenvalue weighted by atomic mass is 79.9. The molecule has 2 aliphatic heterocycles. The fraction of sp³-hybridized carbons (Fsp3) is 0.184. The largest absolute Gasteiger partial charge is 0.488 e. The van der Waals surface area contributed by atoms with Crippen LogP contribution in [0.3, 0.4) is 0 Å². The molecule has 1 N–H and O–H groups in total. The normalized spacial score (nSPS) is 14.9. The van der Waals surface area contributed by atoms with Gasteiger partial charge in [0, 0.05) is 23.0 Å². The Morgan fingerprint density at radius 2 is 1.15 bits per heavy atom. The number of amides is 2. The van der Waals surface area contributed by atoms with Crippen LogP contribution in [-0.2, 0) is 22.8 Å². The Morgan fingerprint density at radius 3 is 1.75 bits per heavy atom. The summed E-state index contributed by atoms with van der Waals surface area (Å²) in [6.07, 6.45) is 1.21. The van der Waals surface area contributed by atoms with Gasteiger partial charge in [0.25, 0.3) is 11.8 Å². The van der Waals surface area contributed by atoms with E-state index in [9.17, 15) is 20.1 Å². The van der Waals surface area contributed by atoms with Crippen LogP contribution < -0.4 is 29.2 Å². The fourth-order valence-electron chi connectivity index (χ4n) is 6.82. The molecule has 10 nitrogen and oxygen atoms in total. The summed E-state index contributed by atoms with van der Waals surface area (Å²) in [6.45, 7) is 1.32. The minimum atomic E-state index is -0.890. The summed E-state index contributed by atoms with van der Waals surface area (Å²) in [6, 6.07) is 48.8. The summed E-state index contributed by atoms with van der Waals surface area (Å²) in [5.41, 5.74) is 5.41. The van der Waals surface area contributed by atoms with Crippen LogP contribution in [0.4, 0.5) is 11.4 Å². The van der Waals surface area contributed by atoms with E-state index in [4.69, 9.17) is 18.9 Å². The monoisotopic (exact) mass is 860 g/mol. The van der Waals surface area contributed by atoms with Crippen molar-refractivity contribution in [3.63, 3.8) is 0 Å². The molecule has 0 bridgehead atoms. The smallest absolute Gasteiger partial charge is 0.273 e. The zero-order valence-electron chi connectivity index (χ0n) is 32.6. The number of carbonyl (C=O) groups excluding carboxylic acids is 2. The molecule has 0 saturated heterocycles. The summed E-state index contributed by atoms with van der Waals surface area (Å²) in [7, 11) is 0. The average molecular weight is 862 g/mol. The molecule has 2 atom stereocenters. The molecule has 0 radical (unpaired) electrons. The lowest BCUT2D eigenvalue weighted by molar-refractivity contribution is -0.126. The van der Waals surface area contributed by atoms with Crippen LogP contribution in [0.25, 0.3) is 0 Å². The lowest BCUT2D eigenvalue weighted by Gasteiger charge is -2.35. The number of nitriles is 2. The highest BCUT2D eigenvalue weighted by molar-refractivity contribution is 9.09. The van der Waals surface area contributed by atoms with E-state index in [0.717, 1.165) is 41.4 Å². The van der Waals surface area contributed by atoms with Crippen molar-refractivity contribution in [2.24, 2.45) is 0 Å². The van der Waals surface area contributed by atoms with E-state index in [0.29, 0.717) is 70.7 Å². The first-order chi connectivity index (χ1) is 29.4. The molecular formula is C49H41BrN4O6. The molecule has 6 aromatic carbocycles. The number of hydrogen-bond donors (Lipinski definition) is 1. The van der Waals surface area contributed by atoms with Crippen LogP contribution in [-0.4, -0.2) is 23.7 Å². The molecule has 0 aliphatic carbocycles. The van der Waals surface area contributed by atoms with Crippen molar-refractivity contribution in [2.75, 3.05) is 22.1 Å². The highest BCUT2D eigenvalue weighted by Crippen LogP contribution is 2.42. The highest BCUT2D eigenvalue weighted by Gasteiger charge is 2.37. The fourth-order valence-corrected chi connectivity index (χ4v) is 7.22. The van der Waals surface area contributed by atoms with Crippen LogP contribution in [0, 0.1) is 22.7 Å². The molecule has 0 unspecified atom stereocenters. The van der Waals surface area contributed by atoms with Gasteiger partial charge in [-0.05, 0) is 84.6 Å². The minimum absolute atomic E-state index is 0.146. The second-order valence-electron chi connectivity index (χ2n) is 14.0. The summed E-state index contributed by atoms with van der Waals surface area (Å²) >= 11 is 3.47. The Balaban J connectivity index is 0.000000185. The molecule has 60 heavy (non-hydrogen) atoms. The molecule has 0 fully saturated rings. The molecule has 8 rings (SSSR count). The first kappa shape index (κ1) is 41.1. The predicted molar refractivity (Wildman–Crippen MR) is 232 cm³/mol. The summed E-state index contributed by atoms with van der Waals surface area (Å²) in [5, 5.41) is 22.5. The van der Waals surface area contributed by atoms with Gasteiger partial charge < -0.3 is 29.2 Å². The molecule has 2 heterocycles. The quantitative estimate of drug-likeness (QED) is 0.0896. The number of halogens is 1. The van der Waals surface area contributed by atoms with E-state index >= 15 is 0 Å². The minimum Gasteiger partial charge on any atom is -0.488 e. The Morgan fingerprint density at radius 1 is 0.617 bits per heavy atom. The number of rotatable bonds is 13. The molecule has 0 spiro atoms. The van der Waals surface area contributed by atoms with E-state index in [1.54, 1.807) is 53.4 Å². The lowest BCUT2D eigenvalue weighted by atomic mass is 10.0. The molecule has 2 aliphatic rings. The van der Waals surface area contributed by atoms with Gasteiger partial charge >= 0.3 is 0 Å². The van der Waals surface area contributed by atoms with Crippen LogP contribution in [0.1, 0.15) is 64.9 Å². The molecule has 0 saturated carbocycles. The van der Waals surface area contributed by atoms with Crippen molar-refractivity contribution < 1.29 is 28.5 Å². The number of anilines is 2. The van der Waals surface area contributed by atoms with Gasteiger partial charge in [-0.15, -0.1) is 0 Å². The van der Waals surface area contributed by atoms with E-state index in [2.05, 4.69) is 33.4 Å². The molecule has 11 heteroatoms. The Kier molecular flexibility index (Phi) is 13.7. The number of hydrogen-bond acceptors (Lipinski definition) is 8. The number of benzene rings is 6. The topological polar surface area (TPSA) is 134 Å². The second-order valence-corrected chi connectivity index (χ2v) is 14.8. The van der Waals surface area contributed by atoms with Crippen molar-refractivity contribution in [3.05, 3.63) is 179 Å². The summed E-state index contributed by atoms with van der Waals surface area (Å²) in [4.78, 5) is 28.0. The Labute approximate surface area is 357 Å². The van der Waals surface area contributed by atoms with Gasteiger partial charge in [-0.1, -0.05) is 107 Å². The SMILES string of the molecule is N#Cc1ccc(OCc2ccccc2)c([C@@H]2Oc3ccccc3N(CCCCCBr)C2=O)c1.N#Cc1ccc(OCc2ccccc2)c([C@@H]2Oc3ccccc3NC2=O)c1. The van der Waals surface area contributed by atoms with Crippen molar-refractivity contribution in [2.45, 2.75) is 44.7 Å². The number of unbranched alkanes of at least 4 members (excludes halogenated alkanes) is 2. The molecule has 6 aromatic rings. The standard InChI is InChI=1S/C27H25BrN2O3.C22H16N2O3/c28-15-7-2-8-16-30-23-11-5-6-12-25(23)33-26(27(30)31)22-17-21(18-29)13-14-24(22)32-19-20-9-3-1-4-10-20;23-13-16-10-11-19(26-14-15-6-2-1-3-7-15)17(12-16)21-22(25)24-18-8-4-5-9-20(18)27-21/h1,3-6,9-14,17,26H,2,7-8,15-16,19H2;1-12,21H,14H2,(H,24,25)/t26-;21-/m00/s1. The van der Waals surface area contributed by atoms with Crippen LogP contribution in [0.5, 0.6) is 23.0 Å². The van der Waals surface area contributed by atoms with E-state index in [1.807, 2.05) is 97.1 Å².